The van der Waals surface area contributed by atoms with Crippen LogP contribution in [0.15, 0.2) is 33.9 Å². The minimum atomic E-state index is -0.403. The number of nitrogens with one attached hydrogen (secondary N) is 1. The fraction of sp³-hybridized carbons (Fsp3) is 0.421. The van der Waals surface area contributed by atoms with Crippen molar-refractivity contribution in [2.45, 2.75) is 25.5 Å². The number of hydrogen-bond donors (Lipinski definition) is 1. The van der Waals surface area contributed by atoms with Crippen LogP contribution in [0, 0.1) is 0 Å². The minimum Gasteiger partial charge on any atom is -0.376 e. The summed E-state index contributed by atoms with van der Waals surface area (Å²) in [7, 11) is 3.09. The van der Waals surface area contributed by atoms with Crippen LogP contribution in [-0.2, 0) is 25.4 Å². The lowest BCUT2D eigenvalue weighted by Crippen LogP contribution is -2.37. The van der Waals surface area contributed by atoms with Gasteiger partial charge < -0.3 is 10.1 Å². The zero-order chi connectivity index (χ0) is 19.8. The third kappa shape index (κ3) is 3.33. The van der Waals surface area contributed by atoms with E-state index >= 15 is 0 Å². The van der Waals surface area contributed by atoms with E-state index in [4.69, 9.17) is 16.3 Å². The maximum Gasteiger partial charge on any atom is 0.332 e. The SMILES string of the molecule is Cn1c(=O)c2c(nc(NC[C@@H]3CCCO3)n2Cc2ccc(Cl)cc2)n(C)c1=O. The molecule has 4 rings (SSSR count). The molecule has 0 amide bonds. The number of anilines is 1. The van der Waals surface area contributed by atoms with Gasteiger partial charge in [0, 0.05) is 32.3 Å². The zero-order valence-corrected chi connectivity index (χ0v) is 16.6. The lowest BCUT2D eigenvalue weighted by atomic mass is 10.2. The summed E-state index contributed by atoms with van der Waals surface area (Å²) in [6.07, 6.45) is 2.16. The second-order valence-electron chi connectivity index (χ2n) is 7.04. The average molecular weight is 404 g/mol. The first-order valence-corrected chi connectivity index (χ1v) is 9.59. The molecule has 0 unspecified atom stereocenters. The van der Waals surface area contributed by atoms with Gasteiger partial charge in [-0.15, -0.1) is 0 Å². The van der Waals surface area contributed by atoms with E-state index < -0.39 is 5.69 Å². The molecule has 0 aliphatic carbocycles. The molecule has 1 N–H and O–H groups in total. The molecule has 1 saturated heterocycles. The van der Waals surface area contributed by atoms with Crippen LogP contribution in [0.1, 0.15) is 18.4 Å². The molecule has 0 bridgehead atoms. The normalized spacial score (nSPS) is 16.8. The van der Waals surface area contributed by atoms with Crippen molar-refractivity contribution < 1.29 is 4.74 Å². The van der Waals surface area contributed by atoms with Gasteiger partial charge >= 0.3 is 5.69 Å². The highest BCUT2D eigenvalue weighted by molar-refractivity contribution is 6.30. The number of ether oxygens (including phenoxy) is 1. The van der Waals surface area contributed by atoms with E-state index in [2.05, 4.69) is 10.3 Å². The molecule has 0 radical (unpaired) electrons. The molecule has 8 nitrogen and oxygen atoms in total. The summed E-state index contributed by atoms with van der Waals surface area (Å²) in [6.45, 7) is 1.79. The van der Waals surface area contributed by atoms with E-state index in [1.54, 1.807) is 7.05 Å². The molecule has 1 aliphatic heterocycles. The molecule has 0 spiro atoms. The van der Waals surface area contributed by atoms with Gasteiger partial charge in [0.25, 0.3) is 5.56 Å². The quantitative estimate of drug-likeness (QED) is 0.701. The molecule has 1 aromatic carbocycles. The maximum absolute atomic E-state index is 12.9. The molecule has 28 heavy (non-hydrogen) atoms. The highest BCUT2D eigenvalue weighted by Gasteiger charge is 2.21. The smallest absolute Gasteiger partial charge is 0.332 e. The Morgan fingerprint density at radius 3 is 2.64 bits per heavy atom. The van der Waals surface area contributed by atoms with E-state index in [1.807, 2.05) is 28.8 Å². The summed E-state index contributed by atoms with van der Waals surface area (Å²) in [5.41, 5.74) is 0.940. The Morgan fingerprint density at radius 1 is 1.21 bits per heavy atom. The Kier molecular flexibility index (Phi) is 4.99. The van der Waals surface area contributed by atoms with Crippen LogP contribution >= 0.6 is 11.6 Å². The Bertz CT molecular complexity index is 1120. The monoisotopic (exact) mass is 403 g/mol. The van der Waals surface area contributed by atoms with Gasteiger partial charge in [-0.1, -0.05) is 23.7 Å². The number of fused-ring (bicyclic) bond motifs is 1. The van der Waals surface area contributed by atoms with Gasteiger partial charge in [0.1, 0.15) is 0 Å². The first kappa shape index (κ1) is 18.8. The van der Waals surface area contributed by atoms with Crippen LogP contribution in [0.2, 0.25) is 5.02 Å². The van der Waals surface area contributed by atoms with Gasteiger partial charge in [-0.3, -0.25) is 18.5 Å². The first-order chi connectivity index (χ1) is 13.5. The van der Waals surface area contributed by atoms with Crippen molar-refractivity contribution in [1.29, 1.82) is 0 Å². The molecular weight excluding hydrogens is 382 g/mol. The number of imidazole rings is 1. The van der Waals surface area contributed by atoms with E-state index in [-0.39, 0.29) is 11.7 Å². The number of halogens is 1. The van der Waals surface area contributed by atoms with Gasteiger partial charge in [-0.25, -0.2) is 4.79 Å². The Labute approximate surface area is 166 Å². The predicted molar refractivity (Wildman–Crippen MR) is 108 cm³/mol. The van der Waals surface area contributed by atoms with Crippen LogP contribution in [0.4, 0.5) is 5.95 Å². The Hall–Kier alpha value is -2.58. The molecule has 0 saturated carbocycles. The summed E-state index contributed by atoms with van der Waals surface area (Å²) in [4.78, 5) is 29.7. The number of benzene rings is 1. The molecule has 148 valence electrons. The molecule has 3 aromatic rings. The molecule has 9 heteroatoms. The Morgan fingerprint density at radius 2 is 1.96 bits per heavy atom. The van der Waals surface area contributed by atoms with Crippen molar-refractivity contribution in [2.75, 3.05) is 18.5 Å². The van der Waals surface area contributed by atoms with Crippen molar-refractivity contribution >= 4 is 28.7 Å². The summed E-state index contributed by atoms with van der Waals surface area (Å²) < 4.78 is 9.98. The third-order valence-electron chi connectivity index (χ3n) is 5.11. The lowest BCUT2D eigenvalue weighted by molar-refractivity contribution is 0.120. The van der Waals surface area contributed by atoms with Gasteiger partial charge in [-0.2, -0.15) is 4.98 Å². The molecule has 2 aromatic heterocycles. The lowest BCUT2D eigenvalue weighted by Gasteiger charge is -2.14. The molecule has 1 fully saturated rings. The van der Waals surface area contributed by atoms with E-state index in [9.17, 15) is 9.59 Å². The topological polar surface area (TPSA) is 83.1 Å². The third-order valence-corrected chi connectivity index (χ3v) is 5.37. The molecular formula is C19H22ClN5O3. The van der Waals surface area contributed by atoms with Crippen molar-refractivity contribution in [3.63, 3.8) is 0 Å². The highest BCUT2D eigenvalue weighted by Crippen LogP contribution is 2.20. The predicted octanol–water partition coefficient (Wildman–Crippen LogP) is 1.73. The van der Waals surface area contributed by atoms with Crippen molar-refractivity contribution in [3.8, 4) is 0 Å². The van der Waals surface area contributed by atoms with Crippen LogP contribution in [-0.4, -0.2) is 37.9 Å². The zero-order valence-electron chi connectivity index (χ0n) is 15.8. The average Bonchev–Trinajstić information content (AvgIpc) is 3.33. The van der Waals surface area contributed by atoms with Crippen LogP contribution in [0.3, 0.4) is 0 Å². The molecule has 1 atom stereocenters. The highest BCUT2D eigenvalue weighted by atomic mass is 35.5. The van der Waals surface area contributed by atoms with E-state index in [0.717, 1.165) is 29.6 Å². The summed E-state index contributed by atoms with van der Waals surface area (Å²) in [5, 5.41) is 3.95. The summed E-state index contributed by atoms with van der Waals surface area (Å²) in [6, 6.07) is 7.43. The number of hydrogen-bond acceptors (Lipinski definition) is 5. The van der Waals surface area contributed by atoms with E-state index in [0.29, 0.717) is 35.2 Å². The van der Waals surface area contributed by atoms with Crippen LogP contribution < -0.4 is 16.6 Å². The van der Waals surface area contributed by atoms with Gasteiger partial charge in [0.05, 0.1) is 12.6 Å². The summed E-state index contributed by atoms with van der Waals surface area (Å²) in [5.74, 6) is 0.541. The maximum atomic E-state index is 12.9. The fourth-order valence-electron chi connectivity index (χ4n) is 3.52. The number of nitrogens with zero attached hydrogens (tertiary/aromatic N) is 4. The Balaban J connectivity index is 1.82. The van der Waals surface area contributed by atoms with E-state index in [1.165, 1.54) is 11.6 Å². The molecule has 3 heterocycles. The fourth-order valence-corrected chi connectivity index (χ4v) is 3.64. The second kappa shape index (κ2) is 7.44. The first-order valence-electron chi connectivity index (χ1n) is 9.22. The van der Waals surface area contributed by atoms with Crippen molar-refractivity contribution in [1.82, 2.24) is 18.7 Å². The minimum absolute atomic E-state index is 0.121. The number of rotatable bonds is 5. The standard InChI is InChI=1S/C19H22ClN5O3/c1-23-16-15(17(26)24(2)19(23)27)25(11-12-5-7-13(20)8-6-12)18(22-16)21-10-14-4-3-9-28-14/h5-8,14H,3-4,9-11H2,1-2H3,(H,21,22)/t14-/m0/s1. The largest absolute Gasteiger partial charge is 0.376 e. The van der Waals surface area contributed by atoms with Crippen LogP contribution in [0.5, 0.6) is 0 Å². The van der Waals surface area contributed by atoms with Crippen molar-refractivity contribution in [2.24, 2.45) is 14.1 Å². The number of aromatic nitrogens is 4. The summed E-state index contributed by atoms with van der Waals surface area (Å²) >= 11 is 5.99. The van der Waals surface area contributed by atoms with Gasteiger partial charge in [0.15, 0.2) is 11.2 Å². The van der Waals surface area contributed by atoms with Crippen molar-refractivity contribution in [3.05, 3.63) is 55.7 Å². The molecule has 1 aliphatic rings. The number of aryl methyl sites for hydroxylation is 1. The van der Waals surface area contributed by atoms with Crippen LogP contribution in [0.25, 0.3) is 11.2 Å². The van der Waals surface area contributed by atoms with Gasteiger partial charge in [0.2, 0.25) is 5.95 Å². The van der Waals surface area contributed by atoms with Gasteiger partial charge in [-0.05, 0) is 30.5 Å². The second-order valence-corrected chi connectivity index (χ2v) is 7.48.